The van der Waals surface area contributed by atoms with Crippen molar-refractivity contribution in [2.45, 2.75) is 13.0 Å². The van der Waals surface area contributed by atoms with Crippen molar-refractivity contribution in [2.24, 2.45) is 0 Å². The Morgan fingerprint density at radius 2 is 1.62 bits per heavy atom. The summed E-state index contributed by atoms with van der Waals surface area (Å²) in [4.78, 5) is 12.6. The number of alkyl halides is 2. The molecule has 0 spiro atoms. The molecule has 3 aromatic carbocycles. The van der Waals surface area contributed by atoms with E-state index in [0.717, 1.165) is 16.3 Å². The summed E-state index contributed by atoms with van der Waals surface area (Å²) < 4.78 is 39.7. The van der Waals surface area contributed by atoms with E-state index >= 15 is 0 Å². The average Bonchev–Trinajstić information content (AvgIpc) is 2.73. The SMILES string of the molecule is COc1cc(CCNC(=O)c2cc3ccccc3cc2OC)ccc1OC(F)F. The Bertz CT molecular complexity index is 1010. The fraction of sp³-hybridized carbons (Fsp3) is 0.227. The van der Waals surface area contributed by atoms with Gasteiger partial charge in [-0.05, 0) is 47.0 Å². The van der Waals surface area contributed by atoms with Crippen LogP contribution in [0.1, 0.15) is 15.9 Å². The molecular weight excluding hydrogens is 380 g/mol. The van der Waals surface area contributed by atoms with E-state index in [1.165, 1.54) is 20.3 Å². The predicted octanol–water partition coefficient (Wildman–Crippen LogP) is 4.43. The predicted molar refractivity (Wildman–Crippen MR) is 106 cm³/mol. The highest BCUT2D eigenvalue weighted by atomic mass is 19.3. The average molecular weight is 401 g/mol. The lowest BCUT2D eigenvalue weighted by atomic mass is 10.1. The van der Waals surface area contributed by atoms with Crippen LogP contribution in [0, 0.1) is 0 Å². The minimum atomic E-state index is -2.93. The highest BCUT2D eigenvalue weighted by molar-refractivity contribution is 6.01. The number of amides is 1. The van der Waals surface area contributed by atoms with Gasteiger partial charge in [-0.25, -0.2) is 0 Å². The van der Waals surface area contributed by atoms with Gasteiger partial charge in [0.25, 0.3) is 5.91 Å². The Hall–Kier alpha value is -3.35. The minimum absolute atomic E-state index is 0.0313. The topological polar surface area (TPSA) is 56.8 Å². The van der Waals surface area contributed by atoms with Gasteiger partial charge in [-0.3, -0.25) is 4.79 Å². The van der Waals surface area contributed by atoms with Crippen LogP contribution in [0.5, 0.6) is 17.2 Å². The van der Waals surface area contributed by atoms with E-state index in [9.17, 15) is 13.6 Å². The van der Waals surface area contributed by atoms with Gasteiger partial charge in [0, 0.05) is 6.54 Å². The quantitative estimate of drug-likeness (QED) is 0.607. The highest BCUT2D eigenvalue weighted by Gasteiger charge is 2.14. The van der Waals surface area contributed by atoms with Crippen LogP contribution in [0.4, 0.5) is 8.78 Å². The third kappa shape index (κ3) is 4.93. The number of fused-ring (bicyclic) bond motifs is 1. The van der Waals surface area contributed by atoms with Crippen molar-refractivity contribution >= 4 is 16.7 Å². The normalized spacial score (nSPS) is 10.8. The van der Waals surface area contributed by atoms with Crippen molar-refractivity contribution in [1.82, 2.24) is 5.32 Å². The summed E-state index contributed by atoms with van der Waals surface area (Å²) in [5, 5.41) is 4.79. The first-order valence-electron chi connectivity index (χ1n) is 8.98. The van der Waals surface area contributed by atoms with Gasteiger partial charge >= 0.3 is 6.61 Å². The van der Waals surface area contributed by atoms with E-state index in [-0.39, 0.29) is 17.4 Å². The van der Waals surface area contributed by atoms with E-state index in [1.54, 1.807) is 18.2 Å². The zero-order chi connectivity index (χ0) is 20.8. The lowest BCUT2D eigenvalue weighted by molar-refractivity contribution is -0.0512. The third-order valence-electron chi connectivity index (χ3n) is 4.46. The minimum Gasteiger partial charge on any atom is -0.496 e. The molecule has 0 aliphatic carbocycles. The fourth-order valence-corrected chi connectivity index (χ4v) is 3.04. The van der Waals surface area contributed by atoms with E-state index in [1.807, 2.05) is 30.3 Å². The molecule has 0 bridgehead atoms. The van der Waals surface area contributed by atoms with Crippen LogP contribution in [-0.4, -0.2) is 33.3 Å². The summed E-state index contributed by atoms with van der Waals surface area (Å²) in [6, 6.07) is 16.0. The van der Waals surface area contributed by atoms with Gasteiger partial charge < -0.3 is 19.5 Å². The molecule has 152 valence electrons. The summed E-state index contributed by atoms with van der Waals surface area (Å²) in [7, 11) is 2.90. The molecule has 5 nitrogen and oxygen atoms in total. The molecule has 3 rings (SSSR count). The van der Waals surface area contributed by atoms with Crippen LogP contribution < -0.4 is 19.5 Å². The summed E-state index contributed by atoms with van der Waals surface area (Å²) in [6.45, 7) is -2.57. The van der Waals surface area contributed by atoms with Crippen molar-refractivity contribution in [3.8, 4) is 17.2 Å². The van der Waals surface area contributed by atoms with E-state index in [4.69, 9.17) is 9.47 Å². The first-order chi connectivity index (χ1) is 14.0. The number of ether oxygens (including phenoxy) is 3. The maximum Gasteiger partial charge on any atom is 0.387 e. The highest BCUT2D eigenvalue weighted by Crippen LogP contribution is 2.29. The first kappa shape index (κ1) is 20.4. The molecule has 0 saturated carbocycles. The summed E-state index contributed by atoms with van der Waals surface area (Å²) in [6.07, 6.45) is 0.493. The van der Waals surface area contributed by atoms with Gasteiger partial charge in [0.2, 0.25) is 0 Å². The van der Waals surface area contributed by atoms with Crippen LogP contribution in [0.2, 0.25) is 0 Å². The molecule has 0 aliphatic heterocycles. The first-order valence-corrected chi connectivity index (χ1v) is 8.98. The van der Waals surface area contributed by atoms with Gasteiger partial charge in [-0.15, -0.1) is 0 Å². The molecule has 7 heteroatoms. The monoisotopic (exact) mass is 401 g/mol. The Morgan fingerprint density at radius 1 is 0.931 bits per heavy atom. The van der Waals surface area contributed by atoms with Crippen molar-refractivity contribution in [3.63, 3.8) is 0 Å². The van der Waals surface area contributed by atoms with Crippen LogP contribution in [-0.2, 0) is 6.42 Å². The van der Waals surface area contributed by atoms with Gasteiger partial charge in [0.1, 0.15) is 5.75 Å². The molecule has 3 aromatic rings. The van der Waals surface area contributed by atoms with Crippen molar-refractivity contribution < 1.29 is 27.8 Å². The second-order valence-electron chi connectivity index (χ2n) is 6.27. The van der Waals surface area contributed by atoms with Crippen LogP contribution in [0.3, 0.4) is 0 Å². The molecule has 0 heterocycles. The number of nitrogens with one attached hydrogen (secondary N) is 1. The number of carbonyl (C=O) groups excluding carboxylic acids is 1. The van der Waals surface area contributed by atoms with E-state index in [2.05, 4.69) is 10.1 Å². The number of methoxy groups -OCH3 is 2. The lowest BCUT2D eigenvalue weighted by Crippen LogP contribution is -2.26. The van der Waals surface area contributed by atoms with Crippen molar-refractivity contribution in [3.05, 3.63) is 65.7 Å². The number of hydrogen-bond donors (Lipinski definition) is 1. The number of hydrogen-bond acceptors (Lipinski definition) is 4. The Morgan fingerprint density at radius 3 is 2.28 bits per heavy atom. The summed E-state index contributed by atoms with van der Waals surface area (Å²) in [5.74, 6) is 0.426. The van der Waals surface area contributed by atoms with Crippen LogP contribution in [0.25, 0.3) is 10.8 Å². The molecule has 0 unspecified atom stereocenters. The fourth-order valence-electron chi connectivity index (χ4n) is 3.04. The number of halogens is 2. The number of rotatable bonds is 8. The Kier molecular flexibility index (Phi) is 6.49. The molecule has 1 amide bonds. The Balaban J connectivity index is 1.68. The van der Waals surface area contributed by atoms with Crippen LogP contribution in [0.15, 0.2) is 54.6 Å². The maximum absolute atomic E-state index is 12.6. The zero-order valence-corrected chi connectivity index (χ0v) is 16.1. The summed E-state index contributed by atoms with van der Waals surface area (Å²) in [5.41, 5.74) is 1.26. The second kappa shape index (κ2) is 9.23. The molecule has 29 heavy (non-hydrogen) atoms. The lowest BCUT2D eigenvalue weighted by Gasteiger charge is -2.13. The zero-order valence-electron chi connectivity index (χ0n) is 16.1. The van der Waals surface area contributed by atoms with Gasteiger partial charge in [-0.2, -0.15) is 8.78 Å². The van der Waals surface area contributed by atoms with Crippen molar-refractivity contribution in [2.75, 3.05) is 20.8 Å². The number of benzene rings is 3. The third-order valence-corrected chi connectivity index (χ3v) is 4.46. The molecule has 0 aromatic heterocycles. The van der Waals surface area contributed by atoms with Gasteiger partial charge in [0.05, 0.1) is 19.8 Å². The van der Waals surface area contributed by atoms with E-state index in [0.29, 0.717) is 24.3 Å². The number of carbonyl (C=O) groups is 1. The van der Waals surface area contributed by atoms with Gasteiger partial charge in [0.15, 0.2) is 11.5 Å². The van der Waals surface area contributed by atoms with E-state index < -0.39 is 6.61 Å². The summed E-state index contributed by atoms with van der Waals surface area (Å²) >= 11 is 0. The van der Waals surface area contributed by atoms with Crippen molar-refractivity contribution in [1.29, 1.82) is 0 Å². The smallest absolute Gasteiger partial charge is 0.387 e. The molecule has 0 fully saturated rings. The second-order valence-corrected chi connectivity index (χ2v) is 6.27. The maximum atomic E-state index is 12.6. The molecule has 0 atom stereocenters. The molecule has 1 N–H and O–H groups in total. The Labute approximate surface area is 167 Å². The molecule has 0 aliphatic rings. The van der Waals surface area contributed by atoms with Gasteiger partial charge in [-0.1, -0.05) is 30.3 Å². The molecular formula is C22H21F2NO4. The largest absolute Gasteiger partial charge is 0.496 e. The molecule has 0 saturated heterocycles. The molecule has 0 radical (unpaired) electrons. The van der Waals surface area contributed by atoms with Crippen LogP contribution >= 0.6 is 0 Å². The standard InChI is InChI=1S/C22H21F2NO4/c1-27-19-13-16-6-4-3-5-15(16)12-17(19)21(26)25-10-9-14-7-8-18(29-22(23)24)20(11-14)28-2/h3-8,11-13,22H,9-10H2,1-2H3,(H,25,26).